The first kappa shape index (κ1) is 15.8. The quantitative estimate of drug-likeness (QED) is 0.673. The lowest BCUT2D eigenvalue weighted by atomic mass is 10.00. The Bertz CT molecular complexity index is 723. The van der Waals surface area contributed by atoms with Crippen molar-refractivity contribution in [1.82, 2.24) is 0 Å². The first-order valence-corrected chi connectivity index (χ1v) is 6.02. The largest absolute Gasteiger partial charge is 0.508 e. The van der Waals surface area contributed by atoms with Crippen molar-refractivity contribution in [2.45, 2.75) is 6.18 Å². The molecule has 0 atom stereocenters. The first-order chi connectivity index (χ1) is 10.2. The number of hydrogen-bond donors (Lipinski definition) is 1. The van der Waals surface area contributed by atoms with Crippen LogP contribution in [-0.4, -0.2) is 18.2 Å². The molecule has 0 fully saturated rings. The van der Waals surface area contributed by atoms with Gasteiger partial charge in [0.25, 0.3) is 0 Å². The molecule has 0 saturated carbocycles. The Morgan fingerprint density at radius 2 is 1.77 bits per heavy atom. The van der Waals surface area contributed by atoms with Crippen LogP contribution < -0.4 is 0 Å². The highest BCUT2D eigenvalue weighted by atomic mass is 19.4. The number of esters is 1. The van der Waals surface area contributed by atoms with Crippen molar-refractivity contribution >= 4 is 5.97 Å². The maximum absolute atomic E-state index is 13.5. The molecule has 7 heteroatoms. The standard InChI is InChI=1S/C15H10F4O3/c1-22-14(21)12-6-8(2-3-13(12)16)9-4-10(15(17,18)19)7-11(20)5-9/h2-7,20H,1H3. The molecule has 2 aromatic carbocycles. The van der Waals surface area contributed by atoms with E-state index in [4.69, 9.17) is 0 Å². The monoisotopic (exact) mass is 314 g/mol. The summed E-state index contributed by atoms with van der Waals surface area (Å²) in [5.41, 5.74) is -1.32. The normalized spacial score (nSPS) is 11.3. The number of alkyl halides is 3. The van der Waals surface area contributed by atoms with Gasteiger partial charge in [-0.1, -0.05) is 6.07 Å². The summed E-state index contributed by atoms with van der Waals surface area (Å²) >= 11 is 0. The molecule has 0 bridgehead atoms. The van der Waals surface area contributed by atoms with Crippen LogP contribution in [0.1, 0.15) is 15.9 Å². The summed E-state index contributed by atoms with van der Waals surface area (Å²) in [6, 6.07) is 5.68. The lowest BCUT2D eigenvalue weighted by Gasteiger charge is -2.11. The van der Waals surface area contributed by atoms with E-state index in [1.165, 1.54) is 6.07 Å². The van der Waals surface area contributed by atoms with Crippen molar-refractivity contribution in [3.63, 3.8) is 0 Å². The van der Waals surface area contributed by atoms with Crippen molar-refractivity contribution in [3.8, 4) is 16.9 Å². The van der Waals surface area contributed by atoms with Gasteiger partial charge in [-0.05, 0) is 41.5 Å². The van der Waals surface area contributed by atoms with Crippen LogP contribution in [0.25, 0.3) is 11.1 Å². The summed E-state index contributed by atoms with van der Waals surface area (Å²) in [6.07, 6.45) is -4.64. The van der Waals surface area contributed by atoms with Gasteiger partial charge in [0.15, 0.2) is 0 Å². The van der Waals surface area contributed by atoms with Gasteiger partial charge in [0.2, 0.25) is 0 Å². The van der Waals surface area contributed by atoms with E-state index < -0.39 is 34.8 Å². The first-order valence-electron chi connectivity index (χ1n) is 6.02. The van der Waals surface area contributed by atoms with E-state index >= 15 is 0 Å². The third-order valence-corrected chi connectivity index (χ3v) is 2.95. The Morgan fingerprint density at radius 3 is 2.36 bits per heavy atom. The summed E-state index contributed by atoms with van der Waals surface area (Å²) in [7, 11) is 1.06. The van der Waals surface area contributed by atoms with E-state index in [0.29, 0.717) is 6.07 Å². The molecule has 0 heterocycles. The maximum Gasteiger partial charge on any atom is 0.416 e. The molecule has 2 aromatic rings. The molecule has 0 aliphatic heterocycles. The number of hydrogen-bond acceptors (Lipinski definition) is 3. The molecule has 0 aromatic heterocycles. The zero-order valence-electron chi connectivity index (χ0n) is 11.2. The molecule has 1 N–H and O–H groups in total. The van der Waals surface area contributed by atoms with Crippen LogP contribution >= 0.6 is 0 Å². The topological polar surface area (TPSA) is 46.5 Å². The van der Waals surface area contributed by atoms with Crippen molar-refractivity contribution < 1.29 is 32.2 Å². The number of phenols is 1. The maximum atomic E-state index is 13.5. The highest BCUT2D eigenvalue weighted by molar-refractivity contribution is 5.91. The van der Waals surface area contributed by atoms with Gasteiger partial charge in [0.05, 0.1) is 18.2 Å². The van der Waals surface area contributed by atoms with Crippen LogP contribution in [-0.2, 0) is 10.9 Å². The number of carbonyl (C=O) groups is 1. The average molecular weight is 314 g/mol. The van der Waals surface area contributed by atoms with E-state index in [2.05, 4.69) is 4.74 Å². The van der Waals surface area contributed by atoms with Gasteiger partial charge in [-0.3, -0.25) is 0 Å². The van der Waals surface area contributed by atoms with Crippen LogP contribution in [0, 0.1) is 5.82 Å². The Labute approximate surface area is 122 Å². The van der Waals surface area contributed by atoms with Crippen LogP contribution in [0.2, 0.25) is 0 Å². The second-order valence-electron chi connectivity index (χ2n) is 4.45. The predicted octanol–water partition coefficient (Wildman–Crippen LogP) is 4.00. The summed E-state index contributed by atoms with van der Waals surface area (Å²) in [5.74, 6) is -2.39. The lowest BCUT2D eigenvalue weighted by molar-refractivity contribution is -0.137. The van der Waals surface area contributed by atoms with Gasteiger partial charge < -0.3 is 9.84 Å². The molecule has 3 nitrogen and oxygen atoms in total. The van der Waals surface area contributed by atoms with Crippen LogP contribution in [0.15, 0.2) is 36.4 Å². The molecule has 0 radical (unpaired) electrons. The Kier molecular flexibility index (Phi) is 4.07. The van der Waals surface area contributed by atoms with E-state index in [1.807, 2.05) is 0 Å². The molecule has 116 valence electrons. The highest BCUT2D eigenvalue weighted by Gasteiger charge is 2.31. The van der Waals surface area contributed by atoms with Crippen LogP contribution in [0.3, 0.4) is 0 Å². The fourth-order valence-electron chi connectivity index (χ4n) is 1.91. The van der Waals surface area contributed by atoms with Gasteiger partial charge in [-0.2, -0.15) is 13.2 Å². The zero-order chi connectivity index (χ0) is 16.5. The van der Waals surface area contributed by atoms with Crippen molar-refractivity contribution in [3.05, 3.63) is 53.3 Å². The molecule has 2 rings (SSSR count). The number of phenolic OH excluding ortho intramolecular Hbond substituents is 1. The summed E-state index contributed by atoms with van der Waals surface area (Å²) in [6.45, 7) is 0. The minimum Gasteiger partial charge on any atom is -0.508 e. The van der Waals surface area contributed by atoms with Crippen molar-refractivity contribution in [2.24, 2.45) is 0 Å². The van der Waals surface area contributed by atoms with Gasteiger partial charge in [0, 0.05) is 0 Å². The Hall–Kier alpha value is -2.57. The Morgan fingerprint density at radius 1 is 1.09 bits per heavy atom. The van der Waals surface area contributed by atoms with Gasteiger partial charge in [0.1, 0.15) is 11.6 Å². The number of carbonyl (C=O) groups excluding carboxylic acids is 1. The number of halogens is 4. The van der Waals surface area contributed by atoms with Gasteiger partial charge in [-0.15, -0.1) is 0 Å². The third kappa shape index (κ3) is 3.19. The fourth-order valence-corrected chi connectivity index (χ4v) is 1.91. The minimum atomic E-state index is -4.64. The van der Waals surface area contributed by atoms with Gasteiger partial charge >= 0.3 is 12.1 Å². The molecule has 0 saturated heterocycles. The molecule has 0 spiro atoms. The highest BCUT2D eigenvalue weighted by Crippen LogP contribution is 2.35. The number of ether oxygens (including phenoxy) is 1. The second-order valence-corrected chi connectivity index (χ2v) is 4.45. The number of benzene rings is 2. The predicted molar refractivity (Wildman–Crippen MR) is 69.8 cm³/mol. The third-order valence-electron chi connectivity index (χ3n) is 2.95. The molecule has 0 unspecified atom stereocenters. The Balaban J connectivity index is 2.57. The van der Waals surface area contributed by atoms with Crippen LogP contribution in [0.4, 0.5) is 17.6 Å². The fraction of sp³-hybridized carbons (Fsp3) is 0.133. The molecular formula is C15H10F4O3. The molecule has 0 amide bonds. The average Bonchev–Trinajstić information content (AvgIpc) is 2.45. The second kappa shape index (κ2) is 5.67. The smallest absolute Gasteiger partial charge is 0.416 e. The van der Waals surface area contributed by atoms with E-state index in [-0.39, 0.29) is 11.1 Å². The minimum absolute atomic E-state index is 0.00234. The molecular weight excluding hydrogens is 304 g/mol. The van der Waals surface area contributed by atoms with Crippen molar-refractivity contribution in [2.75, 3.05) is 7.11 Å². The van der Waals surface area contributed by atoms with E-state index in [0.717, 1.165) is 31.4 Å². The number of aromatic hydroxyl groups is 1. The number of rotatable bonds is 2. The summed E-state index contributed by atoms with van der Waals surface area (Å²) in [4.78, 5) is 11.4. The van der Waals surface area contributed by atoms with E-state index in [9.17, 15) is 27.5 Å². The van der Waals surface area contributed by atoms with Crippen molar-refractivity contribution in [1.29, 1.82) is 0 Å². The zero-order valence-corrected chi connectivity index (χ0v) is 11.2. The number of methoxy groups -OCH3 is 1. The molecule has 0 aliphatic carbocycles. The van der Waals surface area contributed by atoms with Gasteiger partial charge in [-0.25, -0.2) is 9.18 Å². The van der Waals surface area contributed by atoms with Crippen LogP contribution in [0.5, 0.6) is 5.75 Å². The summed E-state index contributed by atoms with van der Waals surface area (Å²) in [5, 5.41) is 9.43. The molecule has 0 aliphatic rings. The van der Waals surface area contributed by atoms with E-state index in [1.54, 1.807) is 0 Å². The lowest BCUT2D eigenvalue weighted by Crippen LogP contribution is -2.06. The summed E-state index contributed by atoms with van der Waals surface area (Å²) < 4.78 is 56.2. The molecule has 22 heavy (non-hydrogen) atoms. The SMILES string of the molecule is COC(=O)c1cc(-c2cc(O)cc(C(F)(F)F)c2)ccc1F.